The van der Waals surface area contributed by atoms with Crippen LogP contribution in [0.5, 0.6) is 5.75 Å². The van der Waals surface area contributed by atoms with Crippen molar-refractivity contribution < 1.29 is 23.1 Å². The number of hydrogen-bond donors (Lipinski definition) is 0. The maximum absolute atomic E-state index is 14.7. The highest BCUT2D eigenvalue weighted by molar-refractivity contribution is 6.10. The van der Waals surface area contributed by atoms with Crippen LogP contribution in [0.25, 0.3) is 22.2 Å². The molecule has 6 nitrogen and oxygen atoms in total. The molecule has 0 fully saturated rings. The highest BCUT2D eigenvalue weighted by Crippen LogP contribution is 2.33. The van der Waals surface area contributed by atoms with Crippen molar-refractivity contribution in [1.29, 1.82) is 0 Å². The summed E-state index contributed by atoms with van der Waals surface area (Å²) in [6, 6.07) is 16.1. The molecular formula is C24H17F2N3O3. The van der Waals surface area contributed by atoms with Gasteiger partial charge in [-0.2, -0.15) is 0 Å². The van der Waals surface area contributed by atoms with Crippen molar-refractivity contribution in [2.75, 3.05) is 7.11 Å². The normalized spacial score (nSPS) is 13.3. The number of carbonyl (C=O) groups is 1. The van der Waals surface area contributed by atoms with Crippen molar-refractivity contribution >= 4 is 22.6 Å². The topological polar surface area (TPSA) is 65.7 Å². The molecule has 0 spiro atoms. The predicted molar refractivity (Wildman–Crippen MR) is 114 cm³/mol. The van der Waals surface area contributed by atoms with Crippen molar-refractivity contribution in [3.8, 4) is 17.0 Å². The van der Waals surface area contributed by atoms with E-state index in [-0.39, 0.29) is 18.5 Å². The highest BCUT2D eigenvalue weighted by atomic mass is 19.1. The molecular weight excluding hydrogens is 416 g/mol. The molecule has 0 radical (unpaired) electrons. The average molecular weight is 433 g/mol. The SMILES string of the molecule is COc1ccc2c(c1)cc(-c1cc(F)ccc1F)n2Cc1cccc(C2=NOC(=O)C2)n1. The van der Waals surface area contributed by atoms with E-state index in [4.69, 9.17) is 4.74 Å². The third kappa shape index (κ3) is 3.60. The van der Waals surface area contributed by atoms with E-state index in [0.29, 0.717) is 28.5 Å². The summed E-state index contributed by atoms with van der Waals surface area (Å²) in [5.74, 6) is -0.828. The lowest BCUT2D eigenvalue weighted by molar-refractivity contribution is -0.140. The van der Waals surface area contributed by atoms with Gasteiger partial charge in [0.1, 0.15) is 23.1 Å². The third-order valence-electron chi connectivity index (χ3n) is 5.30. The Balaban J connectivity index is 1.63. The van der Waals surface area contributed by atoms with Crippen molar-refractivity contribution in [1.82, 2.24) is 9.55 Å². The zero-order valence-corrected chi connectivity index (χ0v) is 17.0. The lowest BCUT2D eigenvalue weighted by Crippen LogP contribution is -2.08. The number of nitrogens with zero attached hydrogens (tertiary/aromatic N) is 3. The van der Waals surface area contributed by atoms with E-state index in [0.717, 1.165) is 23.0 Å². The minimum Gasteiger partial charge on any atom is -0.497 e. The Morgan fingerprint density at radius 3 is 2.75 bits per heavy atom. The molecule has 0 saturated heterocycles. The molecule has 0 unspecified atom stereocenters. The maximum Gasteiger partial charge on any atom is 0.341 e. The summed E-state index contributed by atoms with van der Waals surface area (Å²) in [5.41, 5.74) is 3.12. The number of carbonyl (C=O) groups excluding carboxylic acids is 1. The zero-order valence-electron chi connectivity index (χ0n) is 17.0. The van der Waals surface area contributed by atoms with Crippen LogP contribution >= 0.6 is 0 Å². The number of rotatable bonds is 5. The molecule has 0 bridgehead atoms. The van der Waals surface area contributed by atoms with Crippen LogP contribution in [0, 0.1) is 11.6 Å². The van der Waals surface area contributed by atoms with Gasteiger partial charge in [0.15, 0.2) is 0 Å². The fourth-order valence-electron chi connectivity index (χ4n) is 3.80. The van der Waals surface area contributed by atoms with Crippen LogP contribution in [0.3, 0.4) is 0 Å². The number of methoxy groups -OCH3 is 1. The third-order valence-corrected chi connectivity index (χ3v) is 5.30. The predicted octanol–water partition coefficient (Wildman–Crippen LogP) is 4.69. The Morgan fingerprint density at radius 1 is 1.09 bits per heavy atom. The summed E-state index contributed by atoms with van der Waals surface area (Å²) in [5, 5.41) is 4.59. The number of pyridine rings is 1. The van der Waals surface area contributed by atoms with Gasteiger partial charge in [-0.3, -0.25) is 0 Å². The molecule has 1 aliphatic rings. The highest BCUT2D eigenvalue weighted by Gasteiger charge is 2.21. The average Bonchev–Trinajstić information content (AvgIpc) is 3.39. The van der Waals surface area contributed by atoms with E-state index >= 15 is 0 Å². The van der Waals surface area contributed by atoms with Crippen molar-refractivity contribution in [2.45, 2.75) is 13.0 Å². The van der Waals surface area contributed by atoms with E-state index in [1.165, 1.54) is 6.07 Å². The molecule has 1 aliphatic heterocycles. The molecule has 8 heteroatoms. The first kappa shape index (κ1) is 19.9. The summed E-state index contributed by atoms with van der Waals surface area (Å²) < 4.78 is 35.8. The smallest absolute Gasteiger partial charge is 0.341 e. The van der Waals surface area contributed by atoms with Crippen LogP contribution in [0.1, 0.15) is 17.8 Å². The monoisotopic (exact) mass is 433 g/mol. The quantitative estimate of drug-likeness (QED) is 0.429. The molecule has 4 aromatic rings. The van der Waals surface area contributed by atoms with Crippen LogP contribution < -0.4 is 4.74 Å². The van der Waals surface area contributed by atoms with E-state index in [2.05, 4.69) is 15.0 Å². The van der Waals surface area contributed by atoms with Gasteiger partial charge in [-0.25, -0.2) is 18.6 Å². The van der Waals surface area contributed by atoms with Gasteiger partial charge in [-0.05, 0) is 54.6 Å². The molecule has 160 valence electrons. The number of oxime groups is 1. The second-order valence-corrected chi connectivity index (χ2v) is 7.36. The Bertz CT molecular complexity index is 1390. The first-order valence-electron chi connectivity index (χ1n) is 9.87. The molecule has 32 heavy (non-hydrogen) atoms. The zero-order chi connectivity index (χ0) is 22.2. The Hall–Kier alpha value is -4.07. The standard InChI is InChI=1S/C24H17F2N3O3/c1-31-17-6-8-22-14(9-17)10-23(18-11-15(25)5-7-19(18)26)29(22)13-16-3-2-4-20(27-16)21-12-24(30)32-28-21/h2-11H,12-13H2,1H3. The van der Waals surface area contributed by atoms with Gasteiger partial charge in [0.05, 0.1) is 37.2 Å². The fourth-order valence-corrected chi connectivity index (χ4v) is 3.80. The lowest BCUT2D eigenvalue weighted by Gasteiger charge is -2.12. The minimum atomic E-state index is -0.528. The number of fused-ring (bicyclic) bond motifs is 1. The fraction of sp³-hybridized carbons (Fsp3) is 0.125. The molecule has 3 heterocycles. The van der Waals surface area contributed by atoms with E-state index in [9.17, 15) is 13.6 Å². The summed E-state index contributed by atoms with van der Waals surface area (Å²) in [6.07, 6.45) is 0.0580. The van der Waals surface area contributed by atoms with Crippen molar-refractivity contribution in [2.24, 2.45) is 5.16 Å². The van der Waals surface area contributed by atoms with E-state index in [1.807, 2.05) is 28.8 Å². The number of halogens is 2. The maximum atomic E-state index is 14.7. The van der Waals surface area contributed by atoms with Crippen LogP contribution in [0.2, 0.25) is 0 Å². The van der Waals surface area contributed by atoms with Crippen LogP contribution in [-0.4, -0.2) is 28.3 Å². The van der Waals surface area contributed by atoms with Crippen molar-refractivity contribution in [3.63, 3.8) is 0 Å². The van der Waals surface area contributed by atoms with E-state index in [1.54, 1.807) is 25.3 Å². The number of benzene rings is 2. The molecule has 2 aromatic carbocycles. The number of hydrogen-bond acceptors (Lipinski definition) is 5. The van der Waals surface area contributed by atoms with Gasteiger partial charge in [0.25, 0.3) is 0 Å². The summed E-state index contributed by atoms with van der Waals surface area (Å²) in [6.45, 7) is 0.289. The van der Waals surface area contributed by atoms with E-state index < -0.39 is 17.6 Å². The lowest BCUT2D eigenvalue weighted by atomic mass is 10.1. The molecule has 0 saturated carbocycles. The van der Waals surface area contributed by atoms with Gasteiger partial charge in [-0.15, -0.1) is 0 Å². The van der Waals surface area contributed by atoms with Gasteiger partial charge in [0.2, 0.25) is 0 Å². The largest absolute Gasteiger partial charge is 0.497 e. The second kappa shape index (κ2) is 7.88. The van der Waals surface area contributed by atoms with Crippen LogP contribution in [0.15, 0.2) is 65.8 Å². The molecule has 0 N–H and O–H groups in total. The number of aromatic nitrogens is 2. The van der Waals surface area contributed by atoms with Crippen LogP contribution in [-0.2, 0) is 16.2 Å². The first-order valence-corrected chi connectivity index (χ1v) is 9.87. The van der Waals surface area contributed by atoms with Crippen LogP contribution in [0.4, 0.5) is 8.78 Å². The number of ether oxygens (including phenoxy) is 1. The molecule has 0 aliphatic carbocycles. The summed E-state index contributed by atoms with van der Waals surface area (Å²) >= 11 is 0. The summed E-state index contributed by atoms with van der Waals surface area (Å²) in [4.78, 5) is 20.6. The molecule has 2 aromatic heterocycles. The molecule has 0 atom stereocenters. The van der Waals surface area contributed by atoms with Gasteiger partial charge >= 0.3 is 5.97 Å². The second-order valence-electron chi connectivity index (χ2n) is 7.36. The van der Waals surface area contributed by atoms with Crippen molar-refractivity contribution in [3.05, 3.63) is 83.7 Å². The Morgan fingerprint density at radius 2 is 1.97 bits per heavy atom. The molecule has 5 rings (SSSR count). The minimum absolute atomic E-state index is 0.0580. The van der Waals surface area contributed by atoms with Gasteiger partial charge in [-0.1, -0.05) is 11.2 Å². The summed E-state index contributed by atoms with van der Waals surface area (Å²) in [7, 11) is 1.57. The van der Waals surface area contributed by atoms with Gasteiger partial charge in [0, 0.05) is 16.5 Å². The van der Waals surface area contributed by atoms with Gasteiger partial charge < -0.3 is 14.1 Å². The Kier molecular flexibility index (Phi) is 4.89. The Labute approximate surface area is 181 Å². The first-order chi connectivity index (χ1) is 15.5. The molecule has 0 amide bonds.